The second-order valence-corrected chi connectivity index (χ2v) is 9.07. The van der Waals surface area contributed by atoms with Crippen molar-refractivity contribution in [2.45, 2.75) is 49.7 Å². The maximum atomic E-state index is 5.43. The molecule has 0 spiro atoms. The minimum absolute atomic E-state index is 0.968. The molecule has 0 aliphatic heterocycles. The molecular weight excluding hydrogens is 252 g/mol. The third kappa shape index (κ3) is 8.12. The molecule has 0 atom stereocenters. The molecule has 0 amide bonds. The molecule has 0 aromatic carbocycles. The van der Waals surface area contributed by atoms with Gasteiger partial charge in [0, 0.05) is 0 Å². The average Bonchev–Trinajstić information content (AvgIpc) is 2.38. The van der Waals surface area contributed by atoms with Crippen molar-refractivity contribution in [3.05, 3.63) is 12.7 Å². The van der Waals surface area contributed by atoms with Crippen LogP contribution in [0.2, 0.25) is 4.73 Å². The zero-order chi connectivity index (χ0) is 13.0. The fourth-order valence-corrected chi connectivity index (χ4v) is 4.70. The molecule has 0 aromatic heterocycles. The molecule has 0 rings (SSSR count). The van der Waals surface area contributed by atoms with Crippen molar-refractivity contribution in [1.29, 1.82) is 0 Å². The Labute approximate surface area is 111 Å². The molecule has 4 heteroatoms. The zero-order valence-corrected chi connectivity index (χ0v) is 13.2. The van der Waals surface area contributed by atoms with Crippen LogP contribution >= 0.6 is 0 Å². The van der Waals surface area contributed by atoms with E-state index in [1.165, 1.54) is 32.1 Å². The summed E-state index contributed by atoms with van der Waals surface area (Å²) >= 11 is -2.83. The molecule has 0 fully saturated rings. The Bertz CT molecular complexity index is 173. The first-order valence-corrected chi connectivity index (χ1v) is 9.52. The average molecular weight is 280 g/mol. The van der Waals surface area contributed by atoms with Crippen LogP contribution in [0.3, 0.4) is 0 Å². The summed E-state index contributed by atoms with van der Waals surface area (Å²) in [7, 11) is 5.09. The Balaban J connectivity index is 3.46. The van der Waals surface area contributed by atoms with Gasteiger partial charge in [-0.25, -0.2) is 0 Å². The monoisotopic (exact) mass is 280 g/mol. The van der Waals surface area contributed by atoms with Crippen molar-refractivity contribution >= 4 is 0 Å². The Morgan fingerprint density at radius 1 is 0.824 bits per heavy atom. The summed E-state index contributed by atoms with van der Waals surface area (Å²) in [4.78, 5) is 0. The molecule has 0 aliphatic carbocycles. The number of hydrogen-bond donors (Lipinski definition) is 0. The summed E-state index contributed by atoms with van der Waals surface area (Å²) in [6.45, 7) is 3.73. The molecular formula is C13H28O3Ti. The first-order chi connectivity index (χ1) is 8.24. The summed E-state index contributed by atoms with van der Waals surface area (Å²) in [5, 5.41) is 0. The van der Waals surface area contributed by atoms with Gasteiger partial charge in [0.1, 0.15) is 0 Å². The van der Waals surface area contributed by atoms with Gasteiger partial charge >= 0.3 is 111 Å². The molecule has 0 saturated heterocycles. The summed E-state index contributed by atoms with van der Waals surface area (Å²) in [5.74, 6) is 0. The van der Waals surface area contributed by atoms with E-state index in [4.69, 9.17) is 9.96 Å². The molecule has 0 unspecified atom stereocenters. The molecule has 0 radical (unpaired) electrons. The third-order valence-electron chi connectivity index (χ3n) is 3.07. The van der Waals surface area contributed by atoms with Crippen molar-refractivity contribution in [1.82, 2.24) is 0 Å². The van der Waals surface area contributed by atoms with E-state index in [0.717, 1.165) is 17.6 Å². The van der Waals surface area contributed by atoms with E-state index in [1.54, 1.807) is 21.3 Å². The van der Waals surface area contributed by atoms with E-state index in [9.17, 15) is 0 Å². The van der Waals surface area contributed by atoms with Gasteiger partial charge in [0.05, 0.1) is 0 Å². The zero-order valence-electron chi connectivity index (χ0n) is 11.7. The van der Waals surface area contributed by atoms with Gasteiger partial charge in [0.2, 0.25) is 0 Å². The predicted molar refractivity (Wildman–Crippen MR) is 68.4 cm³/mol. The fraction of sp³-hybridized carbons (Fsp3) is 0.846. The van der Waals surface area contributed by atoms with Crippen LogP contribution in [0.4, 0.5) is 0 Å². The molecule has 0 N–H and O–H groups in total. The van der Waals surface area contributed by atoms with E-state index in [2.05, 4.69) is 6.58 Å². The summed E-state index contributed by atoms with van der Waals surface area (Å²) in [6.07, 6.45) is 10.8. The topological polar surface area (TPSA) is 27.7 Å². The van der Waals surface area contributed by atoms with Gasteiger partial charge in [0.25, 0.3) is 0 Å². The van der Waals surface area contributed by atoms with Crippen molar-refractivity contribution < 1.29 is 27.7 Å². The van der Waals surface area contributed by atoms with Crippen LogP contribution in [0, 0.1) is 0 Å². The van der Waals surface area contributed by atoms with Crippen LogP contribution in [-0.4, -0.2) is 21.3 Å². The molecule has 0 aromatic rings. The van der Waals surface area contributed by atoms with Crippen molar-refractivity contribution in [2.75, 3.05) is 21.3 Å². The van der Waals surface area contributed by atoms with Crippen LogP contribution in [0.25, 0.3) is 0 Å². The molecule has 0 heterocycles. The number of rotatable bonds is 12. The van der Waals surface area contributed by atoms with Gasteiger partial charge in [-0.2, -0.15) is 0 Å². The Morgan fingerprint density at radius 3 is 1.76 bits per heavy atom. The molecule has 0 saturated carbocycles. The Kier molecular flexibility index (Phi) is 11.7. The van der Waals surface area contributed by atoms with Crippen molar-refractivity contribution in [3.8, 4) is 0 Å². The second-order valence-electron chi connectivity index (χ2n) is 4.24. The van der Waals surface area contributed by atoms with Crippen LogP contribution in [-0.2, 0) is 27.7 Å². The van der Waals surface area contributed by atoms with Crippen LogP contribution in [0.15, 0.2) is 12.7 Å². The van der Waals surface area contributed by atoms with Gasteiger partial charge in [-0.3, -0.25) is 0 Å². The second kappa shape index (κ2) is 11.4. The Hall–Kier alpha value is 0.334. The van der Waals surface area contributed by atoms with Gasteiger partial charge in [-0.05, 0) is 0 Å². The molecule has 17 heavy (non-hydrogen) atoms. The van der Waals surface area contributed by atoms with Gasteiger partial charge in [-0.15, -0.1) is 0 Å². The summed E-state index contributed by atoms with van der Waals surface area (Å²) in [5.41, 5.74) is 0. The third-order valence-corrected chi connectivity index (χ3v) is 7.50. The van der Waals surface area contributed by atoms with Crippen LogP contribution in [0.1, 0.15) is 44.9 Å². The molecule has 102 valence electrons. The standard InChI is InChI=1S/C10H19.3CH3O.Ti/c1-3-5-7-9-10-8-6-4-2;3*1-2;/h3H,1-2,4-10H2;3*1H3;/q;3*-1;+3. The first kappa shape index (κ1) is 17.3. The van der Waals surface area contributed by atoms with Gasteiger partial charge in [0.15, 0.2) is 0 Å². The minimum atomic E-state index is -2.83. The molecule has 0 bridgehead atoms. The Morgan fingerprint density at radius 2 is 1.29 bits per heavy atom. The van der Waals surface area contributed by atoms with E-state index < -0.39 is 17.8 Å². The first-order valence-electron chi connectivity index (χ1n) is 6.51. The quantitative estimate of drug-likeness (QED) is 0.305. The maximum absolute atomic E-state index is 5.43. The van der Waals surface area contributed by atoms with Gasteiger partial charge < -0.3 is 0 Å². The summed E-state index contributed by atoms with van der Waals surface area (Å²) < 4.78 is 17.3. The molecule has 3 nitrogen and oxygen atoms in total. The van der Waals surface area contributed by atoms with E-state index >= 15 is 0 Å². The number of unbranched alkanes of at least 4 members (excludes halogenated alkanes) is 6. The predicted octanol–water partition coefficient (Wildman–Crippen LogP) is 4.16. The number of hydrogen-bond acceptors (Lipinski definition) is 3. The van der Waals surface area contributed by atoms with Crippen LogP contribution in [0.5, 0.6) is 0 Å². The van der Waals surface area contributed by atoms with Gasteiger partial charge in [-0.1, -0.05) is 0 Å². The molecule has 0 aliphatic rings. The fourth-order valence-electron chi connectivity index (χ4n) is 1.89. The van der Waals surface area contributed by atoms with Crippen LogP contribution < -0.4 is 0 Å². The van der Waals surface area contributed by atoms with E-state index in [-0.39, 0.29) is 0 Å². The van der Waals surface area contributed by atoms with Crippen molar-refractivity contribution in [3.63, 3.8) is 0 Å². The summed E-state index contributed by atoms with van der Waals surface area (Å²) in [6, 6.07) is 0. The normalized spacial score (nSPS) is 11.7. The van der Waals surface area contributed by atoms with E-state index in [0.29, 0.717) is 0 Å². The van der Waals surface area contributed by atoms with E-state index in [1.807, 2.05) is 6.08 Å². The number of allylic oxidation sites excluding steroid dienone is 1. The SMILES string of the molecule is C=CCCCCCCC[CH2][Ti]([O]C)([O]C)[O]C. The van der Waals surface area contributed by atoms with Crippen molar-refractivity contribution in [2.24, 2.45) is 0 Å².